The van der Waals surface area contributed by atoms with Gasteiger partial charge in [-0.05, 0) is 39.2 Å². The maximum atomic E-state index is 4.35. The number of aromatic nitrogens is 3. The van der Waals surface area contributed by atoms with Crippen LogP contribution in [0.2, 0.25) is 0 Å². The van der Waals surface area contributed by atoms with Crippen LogP contribution in [0.1, 0.15) is 51.8 Å². The molecule has 0 radical (unpaired) electrons. The Morgan fingerprint density at radius 3 is 3.05 bits per heavy atom. The van der Waals surface area contributed by atoms with E-state index >= 15 is 0 Å². The van der Waals surface area contributed by atoms with Crippen LogP contribution < -0.4 is 5.32 Å². The van der Waals surface area contributed by atoms with Crippen molar-refractivity contribution < 1.29 is 0 Å². The minimum absolute atomic E-state index is 0.626. The van der Waals surface area contributed by atoms with Crippen molar-refractivity contribution in [2.75, 3.05) is 12.3 Å². The van der Waals surface area contributed by atoms with E-state index < -0.39 is 0 Å². The number of hydrogen-bond acceptors (Lipinski definition) is 4. The summed E-state index contributed by atoms with van der Waals surface area (Å²) < 4.78 is 2.34. The van der Waals surface area contributed by atoms with Gasteiger partial charge in [0.2, 0.25) is 0 Å². The number of aryl methyl sites for hydroxylation is 1. The number of fused-ring (bicyclic) bond motifs is 1. The van der Waals surface area contributed by atoms with Gasteiger partial charge < -0.3 is 9.88 Å². The molecular formula is C14H26N4S. The van der Waals surface area contributed by atoms with Crippen molar-refractivity contribution in [2.45, 2.75) is 70.1 Å². The van der Waals surface area contributed by atoms with Gasteiger partial charge in [-0.3, -0.25) is 0 Å². The van der Waals surface area contributed by atoms with Crippen molar-refractivity contribution in [1.82, 2.24) is 20.1 Å². The first-order chi connectivity index (χ1) is 9.31. The van der Waals surface area contributed by atoms with Gasteiger partial charge in [-0.25, -0.2) is 0 Å². The molecule has 1 aliphatic heterocycles. The van der Waals surface area contributed by atoms with Gasteiger partial charge in [-0.1, -0.05) is 25.1 Å². The second-order valence-electron chi connectivity index (χ2n) is 5.31. The summed E-state index contributed by atoms with van der Waals surface area (Å²) in [6.07, 6.45) is 7.45. The van der Waals surface area contributed by atoms with E-state index in [1.807, 2.05) is 11.8 Å². The quantitative estimate of drug-likeness (QED) is 0.617. The minimum atomic E-state index is 0.626. The average Bonchev–Trinajstić information content (AvgIpc) is 2.63. The number of thioether (sulfide) groups is 1. The molecule has 0 aromatic carbocycles. The van der Waals surface area contributed by atoms with Crippen LogP contribution in [-0.4, -0.2) is 33.1 Å². The summed E-state index contributed by atoms with van der Waals surface area (Å²) in [5.74, 6) is 2.34. The highest BCUT2D eigenvalue weighted by atomic mass is 32.2. The van der Waals surface area contributed by atoms with Crippen molar-refractivity contribution in [3.63, 3.8) is 0 Å². The Bertz CT molecular complexity index is 378. The summed E-state index contributed by atoms with van der Waals surface area (Å²) in [7, 11) is 0. The SMILES string of the molecule is CCNC(C)CCCSc1nnc2n1CCCCC2. The van der Waals surface area contributed by atoms with Gasteiger partial charge in [0.15, 0.2) is 5.16 Å². The standard InChI is InChI=1S/C14H26N4S/c1-3-15-12(2)8-7-11-19-14-17-16-13-9-5-4-6-10-18(13)14/h12,15H,3-11H2,1-2H3. The molecule has 0 saturated carbocycles. The third-order valence-electron chi connectivity index (χ3n) is 3.64. The van der Waals surface area contributed by atoms with Crippen LogP contribution in [0, 0.1) is 0 Å². The molecule has 4 nitrogen and oxygen atoms in total. The lowest BCUT2D eigenvalue weighted by Gasteiger charge is -2.11. The van der Waals surface area contributed by atoms with E-state index in [0.29, 0.717) is 6.04 Å². The van der Waals surface area contributed by atoms with Crippen molar-refractivity contribution in [3.05, 3.63) is 5.82 Å². The molecule has 0 bridgehead atoms. The first kappa shape index (κ1) is 14.9. The van der Waals surface area contributed by atoms with Crippen LogP contribution in [0.3, 0.4) is 0 Å². The van der Waals surface area contributed by atoms with Crippen molar-refractivity contribution >= 4 is 11.8 Å². The highest BCUT2D eigenvalue weighted by Gasteiger charge is 2.14. The fraction of sp³-hybridized carbons (Fsp3) is 0.857. The Hall–Kier alpha value is -0.550. The Labute approximate surface area is 120 Å². The topological polar surface area (TPSA) is 42.7 Å². The van der Waals surface area contributed by atoms with E-state index in [1.165, 1.54) is 37.9 Å². The van der Waals surface area contributed by atoms with Gasteiger partial charge in [0.1, 0.15) is 5.82 Å². The summed E-state index contributed by atoms with van der Waals surface area (Å²) >= 11 is 1.87. The second-order valence-corrected chi connectivity index (χ2v) is 6.37. The molecule has 2 heterocycles. The summed E-state index contributed by atoms with van der Waals surface area (Å²) in [6.45, 7) is 6.60. The maximum Gasteiger partial charge on any atom is 0.191 e. The molecule has 0 amide bonds. The summed E-state index contributed by atoms with van der Waals surface area (Å²) in [4.78, 5) is 0. The van der Waals surface area contributed by atoms with Gasteiger partial charge in [0.05, 0.1) is 0 Å². The normalized spacial score (nSPS) is 16.9. The predicted molar refractivity (Wildman–Crippen MR) is 80.7 cm³/mol. The van der Waals surface area contributed by atoms with Crippen LogP contribution in [0.15, 0.2) is 5.16 Å². The lowest BCUT2D eigenvalue weighted by molar-refractivity contribution is 0.526. The van der Waals surface area contributed by atoms with E-state index in [-0.39, 0.29) is 0 Å². The maximum absolute atomic E-state index is 4.35. The molecular weight excluding hydrogens is 256 g/mol. The number of rotatable bonds is 7. The molecule has 0 fully saturated rings. The lowest BCUT2D eigenvalue weighted by atomic mass is 10.2. The van der Waals surface area contributed by atoms with Crippen molar-refractivity contribution in [3.8, 4) is 0 Å². The highest BCUT2D eigenvalue weighted by Crippen LogP contribution is 2.22. The van der Waals surface area contributed by atoms with Gasteiger partial charge in [0, 0.05) is 24.8 Å². The van der Waals surface area contributed by atoms with E-state index in [9.17, 15) is 0 Å². The van der Waals surface area contributed by atoms with Crippen LogP contribution in [0.5, 0.6) is 0 Å². The van der Waals surface area contributed by atoms with E-state index in [0.717, 1.165) is 30.4 Å². The summed E-state index contributed by atoms with van der Waals surface area (Å²) in [6, 6.07) is 0.626. The minimum Gasteiger partial charge on any atom is -0.315 e. The molecule has 1 aromatic heterocycles. The molecule has 108 valence electrons. The van der Waals surface area contributed by atoms with Gasteiger partial charge in [-0.15, -0.1) is 10.2 Å². The van der Waals surface area contributed by atoms with Gasteiger partial charge >= 0.3 is 0 Å². The van der Waals surface area contributed by atoms with Crippen LogP contribution in [0.4, 0.5) is 0 Å². The largest absolute Gasteiger partial charge is 0.315 e. The van der Waals surface area contributed by atoms with Gasteiger partial charge in [-0.2, -0.15) is 0 Å². The first-order valence-corrected chi connectivity index (χ1v) is 8.58. The third kappa shape index (κ3) is 4.49. The average molecular weight is 282 g/mol. The lowest BCUT2D eigenvalue weighted by Crippen LogP contribution is -2.25. The second kappa shape index (κ2) is 7.90. The van der Waals surface area contributed by atoms with E-state index in [2.05, 4.69) is 33.9 Å². The van der Waals surface area contributed by atoms with Crippen LogP contribution in [0.25, 0.3) is 0 Å². The summed E-state index contributed by atoms with van der Waals surface area (Å²) in [5, 5.41) is 13.3. The zero-order chi connectivity index (χ0) is 13.5. The van der Waals surface area contributed by atoms with Crippen molar-refractivity contribution in [2.24, 2.45) is 0 Å². The molecule has 0 spiro atoms. The fourth-order valence-electron chi connectivity index (χ4n) is 2.57. The molecule has 1 aliphatic rings. The number of nitrogens with zero attached hydrogens (tertiary/aromatic N) is 3. The molecule has 1 atom stereocenters. The Morgan fingerprint density at radius 2 is 2.21 bits per heavy atom. The van der Waals surface area contributed by atoms with E-state index in [1.54, 1.807) is 0 Å². The molecule has 5 heteroatoms. The third-order valence-corrected chi connectivity index (χ3v) is 4.69. The zero-order valence-corrected chi connectivity index (χ0v) is 13.0. The summed E-state index contributed by atoms with van der Waals surface area (Å²) in [5.41, 5.74) is 0. The number of hydrogen-bond donors (Lipinski definition) is 1. The molecule has 1 unspecified atom stereocenters. The Balaban J connectivity index is 1.75. The smallest absolute Gasteiger partial charge is 0.191 e. The van der Waals surface area contributed by atoms with E-state index in [4.69, 9.17) is 0 Å². The Kier molecular flexibility index (Phi) is 6.17. The zero-order valence-electron chi connectivity index (χ0n) is 12.2. The molecule has 1 aromatic rings. The molecule has 0 saturated heterocycles. The molecule has 1 N–H and O–H groups in total. The van der Waals surface area contributed by atoms with Crippen LogP contribution in [-0.2, 0) is 13.0 Å². The number of nitrogens with one attached hydrogen (secondary N) is 1. The fourth-order valence-corrected chi connectivity index (χ4v) is 3.51. The predicted octanol–water partition coefficient (Wildman–Crippen LogP) is 2.87. The first-order valence-electron chi connectivity index (χ1n) is 7.59. The highest BCUT2D eigenvalue weighted by molar-refractivity contribution is 7.99. The molecule has 0 aliphatic carbocycles. The monoisotopic (exact) mass is 282 g/mol. The van der Waals surface area contributed by atoms with Crippen LogP contribution >= 0.6 is 11.8 Å². The molecule has 2 rings (SSSR count). The van der Waals surface area contributed by atoms with Gasteiger partial charge in [0.25, 0.3) is 0 Å². The Morgan fingerprint density at radius 1 is 1.32 bits per heavy atom. The molecule has 19 heavy (non-hydrogen) atoms. The van der Waals surface area contributed by atoms with Crippen molar-refractivity contribution in [1.29, 1.82) is 0 Å².